The molecule has 0 bridgehead atoms. The second kappa shape index (κ2) is 14.1. The number of aldehydes is 1. The van der Waals surface area contributed by atoms with E-state index in [2.05, 4.69) is 31.3 Å². The first-order valence-corrected chi connectivity index (χ1v) is 7.22. The zero-order chi connectivity index (χ0) is 18.2. The average molecular weight is 345 g/mol. The molecule has 0 saturated carbocycles. The zero-order valence-corrected chi connectivity index (χ0v) is 13.5. The third-order valence-corrected chi connectivity index (χ3v) is 2.45. The molecule has 0 aromatic rings. The molecule has 0 fully saturated rings. The summed E-state index contributed by atoms with van der Waals surface area (Å²) < 4.78 is 4.65. The Morgan fingerprint density at radius 3 is 1.79 bits per heavy atom. The van der Waals surface area contributed by atoms with E-state index in [0.29, 0.717) is 19.4 Å². The molecule has 4 amide bonds. The van der Waals surface area contributed by atoms with Crippen molar-refractivity contribution in [2.24, 2.45) is 0 Å². The first kappa shape index (κ1) is 21.5. The molecule has 0 aliphatic carbocycles. The molecule has 0 aromatic heterocycles. The molecule has 11 heteroatoms. The number of ether oxygens (including phenoxy) is 1. The van der Waals surface area contributed by atoms with Crippen LogP contribution in [0.1, 0.15) is 0 Å². The molecule has 0 radical (unpaired) electrons. The highest BCUT2D eigenvalue weighted by Gasteiger charge is 2.09. The predicted octanol–water partition coefficient (Wildman–Crippen LogP) is -4.11. The summed E-state index contributed by atoms with van der Waals surface area (Å²) in [5, 5.41) is 12.3. The molecule has 136 valence electrons. The van der Waals surface area contributed by atoms with E-state index >= 15 is 0 Å². The van der Waals surface area contributed by atoms with Crippen molar-refractivity contribution in [2.75, 3.05) is 53.0 Å². The summed E-state index contributed by atoms with van der Waals surface area (Å²) in [4.78, 5) is 55.3. The topological polar surface area (TPSA) is 155 Å². The van der Waals surface area contributed by atoms with Crippen LogP contribution in [0.25, 0.3) is 0 Å². The highest BCUT2D eigenvalue weighted by molar-refractivity contribution is 5.90. The number of amides is 4. The number of carbonyl (C=O) groups excluding carboxylic acids is 5. The Hall–Kier alpha value is -2.53. The van der Waals surface area contributed by atoms with Crippen molar-refractivity contribution >= 4 is 29.9 Å². The smallest absolute Gasteiger partial charge is 0.246 e. The molecule has 0 atom stereocenters. The van der Waals surface area contributed by atoms with E-state index in [9.17, 15) is 24.0 Å². The molecule has 0 heterocycles. The molecule has 24 heavy (non-hydrogen) atoms. The standard InChI is InChI=1S/C13H23N5O6/c1-14-2-3-15-10(20)6-16-11(21)7-17-12(22)8-18-13(23)9-24-5-4-19/h4,14H,2-3,5-9H2,1H3,(H,15,20)(H,16,21)(H,17,22)(H,18,23). The maximum Gasteiger partial charge on any atom is 0.246 e. The van der Waals surface area contributed by atoms with Gasteiger partial charge in [0.25, 0.3) is 0 Å². The molecule has 11 nitrogen and oxygen atoms in total. The monoisotopic (exact) mass is 345 g/mol. The summed E-state index contributed by atoms with van der Waals surface area (Å²) in [5.74, 6) is -2.01. The number of hydrogen-bond donors (Lipinski definition) is 5. The number of nitrogens with one attached hydrogen (secondary N) is 5. The lowest BCUT2D eigenvalue weighted by atomic mass is 10.4. The van der Waals surface area contributed by atoms with Gasteiger partial charge in [0.2, 0.25) is 23.6 Å². The van der Waals surface area contributed by atoms with Crippen LogP contribution in [0.4, 0.5) is 0 Å². The molecule has 0 aliphatic heterocycles. The number of likely N-dealkylation sites (N-methyl/N-ethyl adjacent to an activating group) is 1. The normalized spacial score (nSPS) is 9.71. The lowest BCUT2D eigenvalue weighted by Gasteiger charge is -2.08. The number of carbonyl (C=O) groups is 5. The second-order valence-electron chi connectivity index (χ2n) is 4.47. The van der Waals surface area contributed by atoms with Crippen LogP contribution in [0.3, 0.4) is 0 Å². The Morgan fingerprint density at radius 1 is 0.792 bits per heavy atom. The highest BCUT2D eigenvalue weighted by atomic mass is 16.5. The van der Waals surface area contributed by atoms with Crippen LogP contribution in [0.2, 0.25) is 0 Å². The van der Waals surface area contributed by atoms with Gasteiger partial charge in [0.1, 0.15) is 19.5 Å². The van der Waals surface area contributed by atoms with Crippen molar-refractivity contribution in [3.63, 3.8) is 0 Å². The third-order valence-electron chi connectivity index (χ3n) is 2.45. The van der Waals surface area contributed by atoms with Crippen molar-refractivity contribution in [2.45, 2.75) is 0 Å². The Kier molecular flexibility index (Phi) is 12.6. The first-order valence-electron chi connectivity index (χ1n) is 7.22. The van der Waals surface area contributed by atoms with Gasteiger partial charge in [-0.1, -0.05) is 0 Å². The number of hydrogen-bond acceptors (Lipinski definition) is 7. The van der Waals surface area contributed by atoms with E-state index < -0.39 is 17.7 Å². The van der Waals surface area contributed by atoms with Crippen molar-refractivity contribution in [3.05, 3.63) is 0 Å². The Labute approximate surface area is 139 Å². The van der Waals surface area contributed by atoms with Crippen molar-refractivity contribution in [3.8, 4) is 0 Å². The van der Waals surface area contributed by atoms with Crippen LogP contribution in [0, 0.1) is 0 Å². The van der Waals surface area contributed by atoms with Gasteiger partial charge < -0.3 is 36.1 Å². The van der Waals surface area contributed by atoms with E-state index in [0.717, 1.165) is 0 Å². The van der Waals surface area contributed by atoms with Gasteiger partial charge in [-0.3, -0.25) is 19.2 Å². The zero-order valence-electron chi connectivity index (χ0n) is 13.5. The summed E-state index contributed by atoms with van der Waals surface area (Å²) in [7, 11) is 1.75. The van der Waals surface area contributed by atoms with Gasteiger partial charge >= 0.3 is 0 Å². The molecule has 0 spiro atoms. The molecule has 0 rings (SSSR count). The first-order chi connectivity index (χ1) is 11.5. The molecule has 0 aromatic carbocycles. The van der Waals surface area contributed by atoms with Gasteiger partial charge in [-0.05, 0) is 7.05 Å². The maximum absolute atomic E-state index is 11.4. The van der Waals surface area contributed by atoms with Crippen LogP contribution in [-0.2, 0) is 28.7 Å². The molecule has 5 N–H and O–H groups in total. The Bertz CT molecular complexity index is 443. The molecular weight excluding hydrogens is 322 g/mol. The van der Waals surface area contributed by atoms with E-state index in [1.54, 1.807) is 7.05 Å². The van der Waals surface area contributed by atoms with Gasteiger partial charge in [-0.25, -0.2) is 0 Å². The fourth-order valence-corrected chi connectivity index (χ4v) is 1.30. The largest absolute Gasteiger partial charge is 0.364 e. The summed E-state index contributed by atoms with van der Waals surface area (Å²) >= 11 is 0. The van der Waals surface area contributed by atoms with Gasteiger partial charge in [0.15, 0.2) is 0 Å². The highest BCUT2D eigenvalue weighted by Crippen LogP contribution is 1.74. The fourth-order valence-electron chi connectivity index (χ4n) is 1.30. The average Bonchev–Trinajstić information content (AvgIpc) is 2.56. The minimum absolute atomic E-state index is 0.191. The van der Waals surface area contributed by atoms with Gasteiger partial charge in [0.05, 0.1) is 19.6 Å². The van der Waals surface area contributed by atoms with Crippen LogP contribution < -0.4 is 26.6 Å². The summed E-state index contributed by atoms with van der Waals surface area (Å²) in [6.45, 7) is -0.332. The van der Waals surface area contributed by atoms with Gasteiger partial charge in [-0.15, -0.1) is 0 Å². The minimum Gasteiger partial charge on any atom is -0.364 e. The summed E-state index contributed by atoms with van der Waals surface area (Å²) in [5.41, 5.74) is 0. The number of rotatable bonds is 13. The fraction of sp³-hybridized carbons (Fsp3) is 0.615. The van der Waals surface area contributed by atoms with E-state index in [-0.39, 0.29) is 38.8 Å². The van der Waals surface area contributed by atoms with E-state index in [4.69, 9.17) is 0 Å². The van der Waals surface area contributed by atoms with Crippen LogP contribution in [0.15, 0.2) is 0 Å². The van der Waals surface area contributed by atoms with Gasteiger partial charge in [-0.2, -0.15) is 0 Å². The maximum atomic E-state index is 11.4. The molecule has 0 unspecified atom stereocenters. The van der Waals surface area contributed by atoms with Gasteiger partial charge in [0, 0.05) is 13.1 Å². The van der Waals surface area contributed by atoms with Crippen LogP contribution in [0.5, 0.6) is 0 Å². The Morgan fingerprint density at radius 2 is 1.29 bits per heavy atom. The lowest BCUT2D eigenvalue weighted by Crippen LogP contribution is -2.45. The molecule has 0 aliphatic rings. The summed E-state index contributed by atoms with van der Waals surface area (Å²) in [6, 6.07) is 0. The quantitative estimate of drug-likeness (QED) is 0.168. The summed E-state index contributed by atoms with van der Waals surface area (Å²) in [6.07, 6.45) is 0.500. The van der Waals surface area contributed by atoms with Crippen LogP contribution >= 0.6 is 0 Å². The van der Waals surface area contributed by atoms with Crippen molar-refractivity contribution in [1.29, 1.82) is 0 Å². The lowest BCUT2D eigenvalue weighted by molar-refractivity contribution is -0.130. The predicted molar refractivity (Wildman–Crippen MR) is 82.8 cm³/mol. The molecular formula is C13H23N5O6. The Balaban J connectivity index is 3.70. The van der Waals surface area contributed by atoms with Crippen molar-refractivity contribution < 1.29 is 28.7 Å². The SMILES string of the molecule is CNCCNC(=O)CNC(=O)CNC(=O)CNC(=O)COCC=O. The van der Waals surface area contributed by atoms with Crippen LogP contribution in [-0.4, -0.2) is 82.9 Å². The van der Waals surface area contributed by atoms with E-state index in [1.807, 2.05) is 0 Å². The van der Waals surface area contributed by atoms with E-state index in [1.165, 1.54) is 0 Å². The third kappa shape index (κ3) is 13.2. The second-order valence-corrected chi connectivity index (χ2v) is 4.47. The minimum atomic E-state index is -0.577. The molecule has 0 saturated heterocycles. The van der Waals surface area contributed by atoms with Crippen molar-refractivity contribution in [1.82, 2.24) is 26.6 Å².